The third-order valence-corrected chi connectivity index (χ3v) is 4.69. The molecule has 6 heteroatoms. The molecule has 0 radical (unpaired) electrons. The highest BCUT2D eigenvalue weighted by molar-refractivity contribution is 7.11. The SMILES string of the molecule is Cc1ncc(CNC2CCCC2CNC(=O)OC(C)(C)C)s1. The minimum absolute atomic E-state index is 0.323. The molecule has 0 spiro atoms. The maximum Gasteiger partial charge on any atom is 0.407 e. The molecular formula is C16H27N3O2S. The number of hydrogen-bond acceptors (Lipinski definition) is 5. The van der Waals surface area contributed by atoms with Crippen molar-refractivity contribution in [1.29, 1.82) is 0 Å². The molecule has 1 amide bonds. The van der Waals surface area contributed by atoms with Crippen molar-refractivity contribution >= 4 is 17.4 Å². The molecule has 0 saturated heterocycles. The summed E-state index contributed by atoms with van der Waals surface area (Å²) in [6.07, 6.45) is 5.14. The van der Waals surface area contributed by atoms with Crippen molar-refractivity contribution in [3.63, 3.8) is 0 Å². The molecule has 1 fully saturated rings. The average Bonchev–Trinajstić information content (AvgIpc) is 3.00. The van der Waals surface area contributed by atoms with Gasteiger partial charge in [-0.3, -0.25) is 0 Å². The Balaban J connectivity index is 1.74. The minimum Gasteiger partial charge on any atom is -0.444 e. The van der Waals surface area contributed by atoms with Crippen LogP contribution >= 0.6 is 11.3 Å². The second kappa shape index (κ2) is 7.42. The van der Waals surface area contributed by atoms with Gasteiger partial charge in [0.1, 0.15) is 5.60 Å². The van der Waals surface area contributed by atoms with Gasteiger partial charge < -0.3 is 15.4 Å². The fourth-order valence-corrected chi connectivity index (χ4v) is 3.54. The topological polar surface area (TPSA) is 63.2 Å². The number of aromatic nitrogens is 1. The van der Waals surface area contributed by atoms with Crippen molar-refractivity contribution in [2.24, 2.45) is 5.92 Å². The lowest BCUT2D eigenvalue weighted by molar-refractivity contribution is 0.0517. The van der Waals surface area contributed by atoms with Crippen LogP contribution in [0.15, 0.2) is 6.20 Å². The van der Waals surface area contributed by atoms with Gasteiger partial charge in [0.2, 0.25) is 0 Å². The number of amides is 1. The Labute approximate surface area is 136 Å². The van der Waals surface area contributed by atoms with Gasteiger partial charge in [0, 0.05) is 30.2 Å². The van der Waals surface area contributed by atoms with Crippen LogP contribution in [-0.2, 0) is 11.3 Å². The summed E-state index contributed by atoms with van der Waals surface area (Å²) in [7, 11) is 0. The number of ether oxygens (including phenoxy) is 1. The van der Waals surface area contributed by atoms with E-state index in [0.29, 0.717) is 18.5 Å². The van der Waals surface area contributed by atoms with Gasteiger partial charge in [-0.1, -0.05) is 6.42 Å². The standard InChI is InChI=1S/C16H27N3O2S/c1-11-17-9-13(22-11)10-18-14-7-5-6-12(14)8-19-15(20)21-16(2,3)4/h9,12,14,18H,5-8,10H2,1-4H3,(H,19,20). The first-order valence-electron chi connectivity index (χ1n) is 7.95. The van der Waals surface area contributed by atoms with E-state index >= 15 is 0 Å². The monoisotopic (exact) mass is 325 g/mol. The molecule has 1 aromatic heterocycles. The fourth-order valence-electron chi connectivity index (χ4n) is 2.80. The molecule has 0 aromatic carbocycles. The number of aryl methyl sites for hydroxylation is 1. The minimum atomic E-state index is -0.443. The van der Waals surface area contributed by atoms with Gasteiger partial charge in [0.15, 0.2) is 0 Å². The van der Waals surface area contributed by atoms with Gasteiger partial charge in [-0.05, 0) is 46.5 Å². The molecular weight excluding hydrogens is 298 g/mol. The second-order valence-electron chi connectivity index (χ2n) is 6.91. The molecule has 2 N–H and O–H groups in total. The molecule has 1 aliphatic carbocycles. The van der Waals surface area contributed by atoms with E-state index in [1.54, 1.807) is 11.3 Å². The zero-order valence-corrected chi connectivity index (χ0v) is 14.8. The van der Waals surface area contributed by atoms with Gasteiger partial charge in [-0.15, -0.1) is 11.3 Å². The number of rotatable bonds is 5. The maximum atomic E-state index is 11.7. The van der Waals surface area contributed by atoms with Crippen LogP contribution in [0.4, 0.5) is 4.79 Å². The predicted octanol–water partition coefficient (Wildman–Crippen LogP) is 3.23. The Bertz CT molecular complexity index is 496. The van der Waals surface area contributed by atoms with E-state index in [9.17, 15) is 4.79 Å². The number of carbonyl (C=O) groups is 1. The van der Waals surface area contributed by atoms with Crippen LogP contribution in [0.25, 0.3) is 0 Å². The molecule has 2 unspecified atom stereocenters. The van der Waals surface area contributed by atoms with Crippen molar-refractivity contribution in [3.05, 3.63) is 16.1 Å². The van der Waals surface area contributed by atoms with E-state index in [1.165, 1.54) is 17.7 Å². The summed E-state index contributed by atoms with van der Waals surface area (Å²) < 4.78 is 5.29. The van der Waals surface area contributed by atoms with Crippen LogP contribution < -0.4 is 10.6 Å². The molecule has 124 valence electrons. The van der Waals surface area contributed by atoms with E-state index in [1.807, 2.05) is 33.9 Å². The molecule has 0 bridgehead atoms. The van der Waals surface area contributed by atoms with Crippen molar-refractivity contribution in [2.45, 2.75) is 65.1 Å². The summed E-state index contributed by atoms with van der Waals surface area (Å²) in [5.74, 6) is 0.474. The summed E-state index contributed by atoms with van der Waals surface area (Å²) in [4.78, 5) is 17.3. The summed E-state index contributed by atoms with van der Waals surface area (Å²) in [6, 6.07) is 0.456. The fraction of sp³-hybridized carbons (Fsp3) is 0.750. The van der Waals surface area contributed by atoms with Gasteiger partial charge >= 0.3 is 6.09 Å². The lowest BCUT2D eigenvalue weighted by atomic mass is 10.0. The summed E-state index contributed by atoms with van der Waals surface area (Å²) in [5, 5.41) is 7.62. The zero-order chi connectivity index (χ0) is 16.2. The summed E-state index contributed by atoms with van der Waals surface area (Å²) in [6.45, 7) is 9.20. The molecule has 2 atom stereocenters. The van der Waals surface area contributed by atoms with Gasteiger partial charge in [-0.2, -0.15) is 0 Å². The second-order valence-corrected chi connectivity index (χ2v) is 8.23. The summed E-state index contributed by atoms with van der Waals surface area (Å²) >= 11 is 1.73. The van der Waals surface area contributed by atoms with Gasteiger partial charge in [0.05, 0.1) is 5.01 Å². The number of nitrogens with zero attached hydrogens (tertiary/aromatic N) is 1. The Morgan fingerprint density at radius 1 is 1.45 bits per heavy atom. The normalized spacial score (nSPS) is 21.8. The molecule has 5 nitrogen and oxygen atoms in total. The molecule has 1 heterocycles. The van der Waals surface area contributed by atoms with Crippen molar-refractivity contribution in [1.82, 2.24) is 15.6 Å². The first-order chi connectivity index (χ1) is 10.3. The molecule has 2 rings (SSSR count). The lowest BCUT2D eigenvalue weighted by Gasteiger charge is -2.23. The highest BCUT2D eigenvalue weighted by Crippen LogP contribution is 2.26. The highest BCUT2D eigenvalue weighted by atomic mass is 32.1. The first kappa shape index (κ1) is 17.2. The largest absolute Gasteiger partial charge is 0.444 e. The lowest BCUT2D eigenvalue weighted by Crippen LogP contribution is -2.40. The quantitative estimate of drug-likeness (QED) is 0.872. The predicted molar refractivity (Wildman–Crippen MR) is 89.1 cm³/mol. The van der Waals surface area contributed by atoms with E-state index in [-0.39, 0.29) is 6.09 Å². The van der Waals surface area contributed by atoms with E-state index in [2.05, 4.69) is 15.6 Å². The smallest absolute Gasteiger partial charge is 0.407 e. The highest BCUT2D eigenvalue weighted by Gasteiger charge is 2.28. The maximum absolute atomic E-state index is 11.7. The summed E-state index contributed by atoms with van der Waals surface area (Å²) in [5.41, 5.74) is -0.443. The first-order valence-corrected chi connectivity index (χ1v) is 8.77. The molecule has 1 aliphatic rings. The number of alkyl carbamates (subject to hydrolysis) is 1. The van der Waals surface area contributed by atoms with Crippen LogP contribution in [-0.4, -0.2) is 29.3 Å². The average molecular weight is 325 g/mol. The van der Waals surface area contributed by atoms with E-state index < -0.39 is 5.60 Å². The molecule has 22 heavy (non-hydrogen) atoms. The van der Waals surface area contributed by atoms with Crippen LogP contribution in [0, 0.1) is 12.8 Å². The number of thiazole rings is 1. The van der Waals surface area contributed by atoms with Crippen LogP contribution in [0.3, 0.4) is 0 Å². The van der Waals surface area contributed by atoms with Gasteiger partial charge in [0.25, 0.3) is 0 Å². The Morgan fingerprint density at radius 3 is 2.86 bits per heavy atom. The number of carbonyl (C=O) groups excluding carboxylic acids is 1. The molecule has 0 aliphatic heterocycles. The van der Waals surface area contributed by atoms with Crippen LogP contribution in [0.2, 0.25) is 0 Å². The zero-order valence-electron chi connectivity index (χ0n) is 13.9. The van der Waals surface area contributed by atoms with Crippen LogP contribution in [0.1, 0.15) is 49.9 Å². The number of nitrogens with one attached hydrogen (secondary N) is 2. The van der Waals surface area contributed by atoms with Gasteiger partial charge in [-0.25, -0.2) is 9.78 Å². The Hall–Kier alpha value is -1.14. The Morgan fingerprint density at radius 2 is 2.23 bits per heavy atom. The third kappa shape index (κ3) is 5.57. The van der Waals surface area contributed by atoms with Crippen molar-refractivity contribution in [3.8, 4) is 0 Å². The molecule has 1 aromatic rings. The Kier molecular flexibility index (Phi) is 5.81. The van der Waals surface area contributed by atoms with Crippen molar-refractivity contribution < 1.29 is 9.53 Å². The van der Waals surface area contributed by atoms with Crippen LogP contribution in [0.5, 0.6) is 0 Å². The van der Waals surface area contributed by atoms with E-state index in [4.69, 9.17) is 4.74 Å². The third-order valence-electron chi connectivity index (χ3n) is 3.77. The number of hydrogen-bond donors (Lipinski definition) is 2. The van der Waals surface area contributed by atoms with Crippen molar-refractivity contribution in [2.75, 3.05) is 6.54 Å². The van der Waals surface area contributed by atoms with E-state index in [0.717, 1.165) is 18.0 Å². The molecule has 1 saturated carbocycles.